The van der Waals surface area contributed by atoms with Crippen LogP contribution in [0.25, 0.3) is 0 Å². The van der Waals surface area contributed by atoms with Crippen LogP contribution in [0.3, 0.4) is 0 Å². The standard InChI is InChI=1S/C11H18N2O3S2/c1-16-10-5-7-17-11(10)18(14,15)13-6-3-2-4-9(13)8-12/h5,7,9H,2-4,6,8,12H2,1H3/t9-/m1/s1. The number of ether oxygens (including phenoxy) is 1. The number of methoxy groups -OCH3 is 1. The van der Waals surface area contributed by atoms with Gasteiger partial charge in [0.15, 0.2) is 4.21 Å². The molecule has 5 nitrogen and oxygen atoms in total. The number of hydrogen-bond acceptors (Lipinski definition) is 5. The van der Waals surface area contributed by atoms with Crippen LogP contribution in [0.15, 0.2) is 15.7 Å². The molecular formula is C11H18N2O3S2. The maximum Gasteiger partial charge on any atom is 0.256 e. The highest BCUT2D eigenvalue weighted by Gasteiger charge is 2.35. The molecule has 1 aliphatic heterocycles. The Labute approximate surface area is 112 Å². The highest BCUT2D eigenvalue weighted by atomic mass is 32.2. The van der Waals surface area contributed by atoms with E-state index in [2.05, 4.69) is 0 Å². The first-order chi connectivity index (χ1) is 8.61. The number of nitrogens with zero attached hydrogens (tertiary/aromatic N) is 1. The Kier molecular flexibility index (Phi) is 4.26. The Morgan fingerprint density at radius 3 is 3.00 bits per heavy atom. The van der Waals surface area contributed by atoms with Crippen molar-refractivity contribution in [3.05, 3.63) is 11.4 Å². The summed E-state index contributed by atoms with van der Waals surface area (Å²) in [5, 5.41) is 1.73. The van der Waals surface area contributed by atoms with E-state index in [9.17, 15) is 8.42 Å². The van der Waals surface area contributed by atoms with E-state index in [1.54, 1.807) is 11.4 Å². The Hall–Kier alpha value is -0.630. The second kappa shape index (κ2) is 5.56. The molecule has 0 saturated carbocycles. The molecule has 0 bridgehead atoms. The van der Waals surface area contributed by atoms with Gasteiger partial charge in [0.1, 0.15) is 5.75 Å². The van der Waals surface area contributed by atoms with Crippen LogP contribution in [0.4, 0.5) is 0 Å². The predicted octanol–water partition coefficient (Wildman–Crippen LogP) is 1.26. The Morgan fingerprint density at radius 1 is 1.56 bits per heavy atom. The third-order valence-electron chi connectivity index (χ3n) is 3.20. The van der Waals surface area contributed by atoms with Gasteiger partial charge in [0.25, 0.3) is 10.0 Å². The van der Waals surface area contributed by atoms with Gasteiger partial charge in [-0.05, 0) is 24.3 Å². The highest BCUT2D eigenvalue weighted by molar-refractivity contribution is 7.91. The van der Waals surface area contributed by atoms with Crippen molar-refractivity contribution in [2.24, 2.45) is 5.73 Å². The van der Waals surface area contributed by atoms with Crippen LogP contribution < -0.4 is 10.5 Å². The predicted molar refractivity (Wildman–Crippen MR) is 71.5 cm³/mol. The Bertz CT molecular complexity index is 498. The van der Waals surface area contributed by atoms with E-state index < -0.39 is 10.0 Å². The van der Waals surface area contributed by atoms with Crippen molar-refractivity contribution in [1.29, 1.82) is 0 Å². The summed E-state index contributed by atoms with van der Waals surface area (Å²) in [6, 6.07) is 1.59. The average Bonchev–Trinajstić information content (AvgIpc) is 2.87. The van der Waals surface area contributed by atoms with E-state index in [0.29, 0.717) is 18.8 Å². The van der Waals surface area contributed by atoms with Crippen LogP contribution in [-0.2, 0) is 10.0 Å². The molecular weight excluding hydrogens is 272 g/mol. The van der Waals surface area contributed by atoms with E-state index in [4.69, 9.17) is 10.5 Å². The first kappa shape index (κ1) is 13.8. The molecule has 18 heavy (non-hydrogen) atoms. The number of sulfonamides is 1. The minimum absolute atomic E-state index is 0.0874. The number of piperidine rings is 1. The van der Waals surface area contributed by atoms with Crippen LogP contribution in [-0.4, -0.2) is 39.0 Å². The lowest BCUT2D eigenvalue weighted by Crippen LogP contribution is -2.47. The summed E-state index contributed by atoms with van der Waals surface area (Å²) in [6.07, 6.45) is 2.77. The van der Waals surface area contributed by atoms with Gasteiger partial charge in [0, 0.05) is 19.1 Å². The molecule has 1 saturated heterocycles. The number of thiophene rings is 1. The molecule has 2 rings (SSSR count). The number of nitrogens with two attached hydrogens (primary N) is 1. The van der Waals surface area contributed by atoms with Gasteiger partial charge in [0.05, 0.1) is 7.11 Å². The molecule has 1 fully saturated rings. The third kappa shape index (κ3) is 2.40. The first-order valence-electron chi connectivity index (χ1n) is 5.94. The summed E-state index contributed by atoms with van der Waals surface area (Å²) in [5.74, 6) is 0.418. The van der Waals surface area contributed by atoms with Gasteiger partial charge in [-0.2, -0.15) is 4.31 Å². The fraction of sp³-hybridized carbons (Fsp3) is 0.636. The smallest absolute Gasteiger partial charge is 0.256 e. The van der Waals surface area contributed by atoms with Crippen molar-refractivity contribution in [3.63, 3.8) is 0 Å². The van der Waals surface area contributed by atoms with Crippen molar-refractivity contribution in [1.82, 2.24) is 4.31 Å². The zero-order chi connectivity index (χ0) is 13.2. The van der Waals surface area contributed by atoms with Crippen molar-refractivity contribution in [2.45, 2.75) is 29.5 Å². The highest BCUT2D eigenvalue weighted by Crippen LogP contribution is 2.34. The van der Waals surface area contributed by atoms with E-state index in [1.165, 1.54) is 22.8 Å². The maximum atomic E-state index is 12.6. The molecule has 1 aromatic rings. The van der Waals surface area contributed by atoms with Gasteiger partial charge in [-0.15, -0.1) is 11.3 Å². The molecule has 7 heteroatoms. The van der Waals surface area contributed by atoms with Crippen molar-refractivity contribution < 1.29 is 13.2 Å². The van der Waals surface area contributed by atoms with Crippen molar-refractivity contribution in [2.75, 3.05) is 20.2 Å². The monoisotopic (exact) mass is 290 g/mol. The SMILES string of the molecule is COc1ccsc1S(=O)(=O)N1CCCC[C@@H]1CN. The summed E-state index contributed by atoms with van der Waals surface area (Å²) >= 11 is 1.19. The van der Waals surface area contributed by atoms with Crippen LogP contribution in [0.1, 0.15) is 19.3 Å². The van der Waals surface area contributed by atoms with Crippen LogP contribution >= 0.6 is 11.3 Å². The average molecular weight is 290 g/mol. The lowest BCUT2D eigenvalue weighted by molar-refractivity contribution is 0.257. The van der Waals surface area contributed by atoms with E-state index in [1.807, 2.05) is 0 Å². The molecule has 0 aliphatic carbocycles. The lowest BCUT2D eigenvalue weighted by Gasteiger charge is -2.33. The molecule has 0 unspecified atom stereocenters. The van der Waals surface area contributed by atoms with Gasteiger partial charge < -0.3 is 10.5 Å². The van der Waals surface area contributed by atoms with Crippen molar-refractivity contribution >= 4 is 21.4 Å². The summed E-state index contributed by atoms with van der Waals surface area (Å²) in [7, 11) is -1.99. The zero-order valence-electron chi connectivity index (χ0n) is 10.3. The van der Waals surface area contributed by atoms with E-state index >= 15 is 0 Å². The lowest BCUT2D eigenvalue weighted by atomic mass is 10.1. The zero-order valence-corrected chi connectivity index (χ0v) is 12.0. The minimum atomic E-state index is -3.48. The molecule has 102 valence electrons. The molecule has 2 heterocycles. The van der Waals surface area contributed by atoms with Gasteiger partial charge in [-0.3, -0.25) is 0 Å². The van der Waals surface area contributed by atoms with Gasteiger partial charge >= 0.3 is 0 Å². The molecule has 2 N–H and O–H groups in total. The number of hydrogen-bond donors (Lipinski definition) is 1. The van der Waals surface area contributed by atoms with Gasteiger partial charge in [-0.1, -0.05) is 6.42 Å². The second-order valence-electron chi connectivity index (χ2n) is 4.28. The molecule has 0 spiro atoms. The summed E-state index contributed by atoms with van der Waals surface area (Å²) in [6.45, 7) is 0.915. The first-order valence-corrected chi connectivity index (χ1v) is 8.26. The number of rotatable bonds is 4. The molecule has 1 aliphatic rings. The minimum Gasteiger partial charge on any atom is -0.494 e. The van der Waals surface area contributed by atoms with Crippen LogP contribution in [0.2, 0.25) is 0 Å². The summed E-state index contributed by atoms with van der Waals surface area (Å²) in [4.78, 5) is 0. The topological polar surface area (TPSA) is 72.6 Å². The summed E-state index contributed by atoms with van der Waals surface area (Å²) < 4.78 is 32.1. The molecule has 1 aromatic heterocycles. The molecule has 1 atom stereocenters. The fourth-order valence-corrected chi connectivity index (χ4v) is 5.35. The normalized spacial score (nSPS) is 22.0. The third-order valence-corrected chi connectivity index (χ3v) is 6.58. The van der Waals surface area contributed by atoms with Gasteiger partial charge in [0.2, 0.25) is 0 Å². The summed E-state index contributed by atoms with van der Waals surface area (Å²) in [5.41, 5.74) is 5.68. The molecule has 0 aromatic carbocycles. The molecule has 0 radical (unpaired) electrons. The van der Waals surface area contributed by atoms with E-state index in [-0.39, 0.29) is 10.3 Å². The Balaban J connectivity index is 2.35. The van der Waals surface area contributed by atoms with Crippen LogP contribution in [0, 0.1) is 0 Å². The fourth-order valence-electron chi connectivity index (χ4n) is 2.26. The Morgan fingerprint density at radius 2 is 2.33 bits per heavy atom. The quantitative estimate of drug-likeness (QED) is 0.906. The van der Waals surface area contributed by atoms with Crippen molar-refractivity contribution in [3.8, 4) is 5.75 Å². The van der Waals surface area contributed by atoms with E-state index in [0.717, 1.165) is 19.3 Å². The largest absolute Gasteiger partial charge is 0.494 e. The van der Waals surface area contributed by atoms with Gasteiger partial charge in [-0.25, -0.2) is 8.42 Å². The second-order valence-corrected chi connectivity index (χ2v) is 7.28. The maximum absolute atomic E-state index is 12.6. The van der Waals surface area contributed by atoms with Crippen LogP contribution in [0.5, 0.6) is 5.75 Å². The molecule has 0 amide bonds.